The Bertz CT molecular complexity index is 696. The van der Waals surface area contributed by atoms with Gasteiger partial charge in [-0.25, -0.2) is 4.79 Å². The number of aliphatic hydroxyl groups is 1. The van der Waals surface area contributed by atoms with E-state index in [1.165, 1.54) is 25.7 Å². The topological polar surface area (TPSA) is 134 Å². The average Bonchev–Trinajstić information content (AvgIpc) is 2.79. The zero-order chi connectivity index (χ0) is 25.5. The Labute approximate surface area is 203 Å². The molecule has 3 amide bonds. The highest BCUT2D eigenvalue weighted by Crippen LogP contribution is 2.20. The maximum Gasteiger partial charge on any atom is 0.331 e. The van der Waals surface area contributed by atoms with Gasteiger partial charge < -0.3 is 25.8 Å². The summed E-state index contributed by atoms with van der Waals surface area (Å²) >= 11 is 0. The Balaban J connectivity index is 2.73. The van der Waals surface area contributed by atoms with Crippen LogP contribution in [-0.4, -0.2) is 54.1 Å². The summed E-state index contributed by atoms with van der Waals surface area (Å²) < 4.78 is 5.57. The van der Waals surface area contributed by atoms with Gasteiger partial charge in [0, 0.05) is 13.0 Å². The highest BCUT2D eigenvalue weighted by atomic mass is 16.5. The maximum absolute atomic E-state index is 12.7. The van der Waals surface area contributed by atoms with E-state index in [4.69, 9.17) is 4.74 Å². The Hall–Kier alpha value is -2.42. The van der Waals surface area contributed by atoms with Crippen LogP contribution in [0.2, 0.25) is 0 Å². The first-order valence-corrected chi connectivity index (χ1v) is 12.6. The number of carbonyl (C=O) groups excluding carboxylic acids is 4. The van der Waals surface area contributed by atoms with Crippen LogP contribution >= 0.6 is 0 Å². The van der Waals surface area contributed by atoms with E-state index in [1.807, 2.05) is 0 Å². The monoisotopic (exact) mass is 481 g/mol. The van der Waals surface area contributed by atoms with Crippen LogP contribution in [0.4, 0.5) is 0 Å². The molecule has 9 nitrogen and oxygen atoms in total. The largest absolute Gasteiger partial charge is 0.460 e. The SMILES string of the molecule is C=C1NC(=O)[C@H](C)[C@H](CCCCCCCC(C)CCC)OC(=O)[C@H](CO)NC(=O)CCNC1=O. The first-order valence-electron chi connectivity index (χ1n) is 12.6. The van der Waals surface area contributed by atoms with Crippen molar-refractivity contribution < 1.29 is 29.0 Å². The molecule has 0 saturated carbocycles. The number of hydrogen-bond donors (Lipinski definition) is 4. The van der Waals surface area contributed by atoms with Gasteiger partial charge in [-0.1, -0.05) is 72.3 Å². The molecule has 1 aliphatic heterocycles. The van der Waals surface area contributed by atoms with E-state index in [2.05, 4.69) is 36.4 Å². The summed E-state index contributed by atoms with van der Waals surface area (Å²) in [5.41, 5.74) is -0.134. The number of hydrogen-bond acceptors (Lipinski definition) is 6. The molecule has 1 rings (SSSR count). The van der Waals surface area contributed by atoms with Gasteiger partial charge >= 0.3 is 5.97 Å². The molecule has 0 radical (unpaired) electrons. The van der Waals surface area contributed by atoms with Crippen molar-refractivity contribution in [2.24, 2.45) is 11.8 Å². The molecule has 1 unspecified atom stereocenters. The van der Waals surface area contributed by atoms with Crippen molar-refractivity contribution in [2.75, 3.05) is 13.2 Å². The van der Waals surface area contributed by atoms with E-state index < -0.39 is 48.4 Å². The van der Waals surface area contributed by atoms with Crippen LogP contribution in [0.25, 0.3) is 0 Å². The van der Waals surface area contributed by atoms with Gasteiger partial charge in [0.05, 0.1) is 18.2 Å². The third-order valence-electron chi connectivity index (χ3n) is 6.19. The maximum atomic E-state index is 12.7. The molecule has 0 aromatic carbocycles. The van der Waals surface area contributed by atoms with Crippen molar-refractivity contribution in [2.45, 2.75) is 97.1 Å². The van der Waals surface area contributed by atoms with Crippen molar-refractivity contribution in [1.82, 2.24) is 16.0 Å². The highest BCUT2D eigenvalue weighted by Gasteiger charge is 2.31. The fraction of sp³-hybridized carbons (Fsp3) is 0.760. The normalized spacial score (nSPS) is 23.9. The lowest BCUT2D eigenvalue weighted by molar-refractivity contribution is -0.158. The van der Waals surface area contributed by atoms with Gasteiger partial charge in [0.25, 0.3) is 5.91 Å². The standard InChI is InChI=1S/C25H43N3O6/c1-5-11-17(2)12-9-7-6-8-10-13-21-18(3)23(31)27-19(4)24(32)26-15-14-22(30)28-20(16-29)25(33)34-21/h17-18,20-21,29H,4-16H2,1-3H3,(H,26,32)(H,27,31)(H,28,30)/t17?,18-,20+,21+/m1/s1. The van der Waals surface area contributed by atoms with Crippen LogP contribution in [0.5, 0.6) is 0 Å². The summed E-state index contributed by atoms with van der Waals surface area (Å²) in [5, 5.41) is 16.9. The average molecular weight is 482 g/mol. The number of rotatable bonds is 11. The van der Waals surface area contributed by atoms with Gasteiger partial charge in [-0.2, -0.15) is 0 Å². The van der Waals surface area contributed by atoms with E-state index in [0.29, 0.717) is 6.42 Å². The van der Waals surface area contributed by atoms with Gasteiger partial charge in [-0.15, -0.1) is 0 Å². The van der Waals surface area contributed by atoms with Gasteiger partial charge in [0.1, 0.15) is 6.10 Å². The number of unbranched alkanes of at least 4 members (excludes halogenated alkanes) is 4. The van der Waals surface area contributed by atoms with E-state index in [9.17, 15) is 24.3 Å². The Morgan fingerprint density at radius 3 is 2.44 bits per heavy atom. The van der Waals surface area contributed by atoms with Crippen molar-refractivity contribution in [3.63, 3.8) is 0 Å². The number of amides is 3. The highest BCUT2D eigenvalue weighted by molar-refractivity contribution is 5.97. The first-order chi connectivity index (χ1) is 16.2. The minimum Gasteiger partial charge on any atom is -0.460 e. The lowest BCUT2D eigenvalue weighted by Crippen LogP contribution is -2.48. The summed E-state index contributed by atoms with van der Waals surface area (Å²) in [4.78, 5) is 49.4. The minimum absolute atomic E-state index is 0.0115. The first kappa shape index (κ1) is 29.6. The zero-order valence-electron chi connectivity index (χ0n) is 21.0. The van der Waals surface area contributed by atoms with Crippen molar-refractivity contribution in [3.8, 4) is 0 Å². The lowest BCUT2D eigenvalue weighted by Gasteiger charge is -2.26. The quantitative estimate of drug-likeness (QED) is 0.203. The summed E-state index contributed by atoms with van der Waals surface area (Å²) in [6.45, 7) is 9.05. The molecule has 1 fully saturated rings. The molecule has 0 aromatic heterocycles. The predicted octanol–water partition coefficient (Wildman–Crippen LogP) is 2.33. The molecule has 34 heavy (non-hydrogen) atoms. The van der Waals surface area contributed by atoms with Crippen LogP contribution in [-0.2, 0) is 23.9 Å². The number of carbonyl (C=O) groups is 4. The molecular formula is C25H43N3O6. The fourth-order valence-electron chi connectivity index (χ4n) is 3.98. The second kappa shape index (κ2) is 16.2. The van der Waals surface area contributed by atoms with Crippen LogP contribution in [0.1, 0.15) is 85.0 Å². The Morgan fingerprint density at radius 1 is 1.09 bits per heavy atom. The number of ether oxygens (including phenoxy) is 1. The molecule has 4 atom stereocenters. The number of aliphatic hydroxyl groups excluding tert-OH is 1. The zero-order valence-corrected chi connectivity index (χ0v) is 21.0. The van der Waals surface area contributed by atoms with Gasteiger partial charge in [-0.05, 0) is 18.8 Å². The molecule has 4 N–H and O–H groups in total. The van der Waals surface area contributed by atoms with Crippen LogP contribution in [0.3, 0.4) is 0 Å². The van der Waals surface area contributed by atoms with Crippen molar-refractivity contribution in [3.05, 3.63) is 12.3 Å². The summed E-state index contributed by atoms with van der Waals surface area (Å²) in [6, 6.07) is -1.23. The number of nitrogens with one attached hydrogen (secondary N) is 3. The third-order valence-corrected chi connectivity index (χ3v) is 6.19. The second-order valence-corrected chi connectivity index (χ2v) is 9.28. The van der Waals surface area contributed by atoms with Crippen LogP contribution in [0, 0.1) is 11.8 Å². The molecule has 1 heterocycles. The van der Waals surface area contributed by atoms with E-state index in [1.54, 1.807) is 6.92 Å². The van der Waals surface area contributed by atoms with Crippen molar-refractivity contribution in [1.29, 1.82) is 0 Å². The van der Waals surface area contributed by atoms with E-state index in [-0.39, 0.29) is 18.7 Å². The van der Waals surface area contributed by atoms with Crippen molar-refractivity contribution >= 4 is 23.7 Å². The van der Waals surface area contributed by atoms with E-state index >= 15 is 0 Å². The molecule has 194 valence electrons. The molecule has 0 bridgehead atoms. The number of esters is 1. The fourth-order valence-corrected chi connectivity index (χ4v) is 3.98. The molecule has 1 saturated heterocycles. The minimum atomic E-state index is -1.23. The molecule has 0 spiro atoms. The molecule has 1 aliphatic rings. The predicted molar refractivity (Wildman–Crippen MR) is 129 cm³/mol. The Morgan fingerprint density at radius 2 is 1.76 bits per heavy atom. The molecule has 0 aliphatic carbocycles. The van der Waals surface area contributed by atoms with Crippen LogP contribution in [0.15, 0.2) is 12.3 Å². The van der Waals surface area contributed by atoms with Gasteiger partial charge in [-0.3, -0.25) is 14.4 Å². The molecular weight excluding hydrogens is 438 g/mol. The second-order valence-electron chi connectivity index (χ2n) is 9.28. The lowest BCUT2D eigenvalue weighted by atomic mass is 9.95. The summed E-state index contributed by atoms with van der Waals surface area (Å²) in [5.74, 6) is -2.37. The summed E-state index contributed by atoms with van der Waals surface area (Å²) in [7, 11) is 0. The van der Waals surface area contributed by atoms with Gasteiger partial charge in [0.2, 0.25) is 11.8 Å². The molecule has 0 aromatic rings. The molecule has 9 heteroatoms. The summed E-state index contributed by atoms with van der Waals surface area (Å²) in [6.07, 6.45) is 8.40. The van der Waals surface area contributed by atoms with Crippen LogP contribution < -0.4 is 16.0 Å². The number of cyclic esters (lactones) is 1. The van der Waals surface area contributed by atoms with Gasteiger partial charge in [0.15, 0.2) is 6.04 Å². The smallest absolute Gasteiger partial charge is 0.331 e. The Kier molecular flexibility index (Phi) is 14.2. The van der Waals surface area contributed by atoms with E-state index in [0.717, 1.165) is 31.6 Å². The third kappa shape index (κ3) is 11.1.